The third kappa shape index (κ3) is 5.66. The number of aryl methyl sites for hydroxylation is 1. The van der Waals surface area contributed by atoms with Gasteiger partial charge in [-0.25, -0.2) is 0 Å². The molecule has 170 valence electrons. The number of carbonyl (C=O) groups excluding carboxylic acids is 2. The summed E-state index contributed by atoms with van der Waals surface area (Å²) in [4.78, 5) is 30.1. The summed E-state index contributed by atoms with van der Waals surface area (Å²) in [5, 5.41) is 3.20. The third-order valence-electron chi connectivity index (χ3n) is 7.18. The standard InChI is InChI=1S/C25H37N3O3/c1-19-7-6-8-20(15-19)23(27-11-13-31-14-12-27)17-26-25(30)21-16-24(29)28(18-21)22-9-4-2-3-5-10-22/h6-8,15,21-23H,2-5,9-14,16-18H2,1H3,(H,26,30). The minimum atomic E-state index is -0.224. The van der Waals surface area contributed by atoms with E-state index in [1.54, 1.807) is 0 Å². The van der Waals surface area contributed by atoms with Crippen LogP contribution >= 0.6 is 0 Å². The summed E-state index contributed by atoms with van der Waals surface area (Å²) in [5.41, 5.74) is 2.45. The fraction of sp³-hybridized carbons (Fsp3) is 0.680. The Hall–Kier alpha value is -1.92. The average Bonchev–Trinajstić information content (AvgIpc) is 2.98. The number of amides is 2. The molecule has 2 aliphatic heterocycles. The Kier molecular flexibility index (Phi) is 7.62. The summed E-state index contributed by atoms with van der Waals surface area (Å²) in [5.74, 6) is -0.0375. The van der Waals surface area contributed by atoms with E-state index in [0.717, 1.165) is 39.1 Å². The molecule has 1 aromatic carbocycles. The fourth-order valence-corrected chi connectivity index (χ4v) is 5.40. The Labute approximate surface area is 186 Å². The van der Waals surface area contributed by atoms with Crippen molar-refractivity contribution in [3.8, 4) is 0 Å². The lowest BCUT2D eigenvalue weighted by atomic mass is 10.0. The summed E-state index contributed by atoms with van der Waals surface area (Å²) in [6.45, 7) is 6.44. The molecule has 2 saturated heterocycles. The number of likely N-dealkylation sites (tertiary alicyclic amines) is 1. The lowest BCUT2D eigenvalue weighted by molar-refractivity contribution is -0.130. The predicted molar refractivity (Wildman–Crippen MR) is 121 cm³/mol. The van der Waals surface area contributed by atoms with Crippen LogP contribution in [0.2, 0.25) is 0 Å². The lowest BCUT2D eigenvalue weighted by Gasteiger charge is -2.35. The van der Waals surface area contributed by atoms with Gasteiger partial charge in [0.05, 0.1) is 25.2 Å². The highest BCUT2D eigenvalue weighted by Gasteiger charge is 2.38. The third-order valence-corrected chi connectivity index (χ3v) is 7.18. The largest absolute Gasteiger partial charge is 0.379 e. The zero-order chi connectivity index (χ0) is 21.6. The van der Waals surface area contributed by atoms with Crippen molar-refractivity contribution in [1.29, 1.82) is 0 Å². The zero-order valence-corrected chi connectivity index (χ0v) is 18.9. The maximum Gasteiger partial charge on any atom is 0.225 e. The molecular formula is C25H37N3O3. The van der Waals surface area contributed by atoms with Crippen LogP contribution in [0.15, 0.2) is 24.3 Å². The molecule has 4 rings (SSSR count). The number of ether oxygens (including phenoxy) is 1. The van der Waals surface area contributed by atoms with Crippen LogP contribution in [-0.2, 0) is 14.3 Å². The quantitative estimate of drug-likeness (QED) is 0.709. The minimum Gasteiger partial charge on any atom is -0.379 e. The average molecular weight is 428 g/mol. The first kappa shape index (κ1) is 22.3. The molecule has 0 radical (unpaired) electrons. The van der Waals surface area contributed by atoms with Gasteiger partial charge in [0.25, 0.3) is 0 Å². The van der Waals surface area contributed by atoms with Crippen molar-refractivity contribution in [2.75, 3.05) is 39.4 Å². The van der Waals surface area contributed by atoms with Crippen molar-refractivity contribution >= 4 is 11.8 Å². The molecular weight excluding hydrogens is 390 g/mol. The van der Waals surface area contributed by atoms with Crippen molar-refractivity contribution in [2.24, 2.45) is 5.92 Å². The second kappa shape index (κ2) is 10.6. The van der Waals surface area contributed by atoms with Crippen LogP contribution in [0.25, 0.3) is 0 Å². The molecule has 0 aromatic heterocycles. The number of rotatable bonds is 6. The summed E-state index contributed by atoms with van der Waals surface area (Å²) in [6.07, 6.45) is 7.47. The van der Waals surface area contributed by atoms with E-state index in [0.29, 0.717) is 25.6 Å². The molecule has 1 saturated carbocycles. The van der Waals surface area contributed by atoms with Gasteiger partial charge in [0.2, 0.25) is 11.8 Å². The number of hydrogen-bond acceptors (Lipinski definition) is 4. The van der Waals surface area contributed by atoms with Gasteiger partial charge >= 0.3 is 0 Å². The molecule has 0 bridgehead atoms. The molecule has 1 N–H and O–H groups in total. The van der Waals surface area contributed by atoms with Crippen LogP contribution in [-0.4, -0.2) is 67.0 Å². The first-order valence-corrected chi connectivity index (χ1v) is 12.1. The Morgan fingerprint density at radius 3 is 2.61 bits per heavy atom. The van der Waals surface area contributed by atoms with E-state index in [-0.39, 0.29) is 23.8 Å². The van der Waals surface area contributed by atoms with E-state index in [1.807, 2.05) is 4.90 Å². The summed E-state index contributed by atoms with van der Waals surface area (Å²) >= 11 is 0. The highest BCUT2D eigenvalue weighted by Crippen LogP contribution is 2.28. The molecule has 2 atom stereocenters. The summed E-state index contributed by atoms with van der Waals surface area (Å²) in [7, 11) is 0. The molecule has 1 aromatic rings. The lowest BCUT2D eigenvalue weighted by Crippen LogP contribution is -2.45. The van der Waals surface area contributed by atoms with Gasteiger partial charge in [0.1, 0.15) is 0 Å². The Bertz CT molecular complexity index is 754. The topological polar surface area (TPSA) is 61.9 Å². The highest BCUT2D eigenvalue weighted by atomic mass is 16.5. The van der Waals surface area contributed by atoms with E-state index < -0.39 is 0 Å². The van der Waals surface area contributed by atoms with Crippen molar-refractivity contribution in [3.05, 3.63) is 35.4 Å². The minimum absolute atomic E-state index is 0.0235. The van der Waals surface area contributed by atoms with Crippen molar-refractivity contribution in [2.45, 2.75) is 64.0 Å². The SMILES string of the molecule is Cc1cccc(C(CNC(=O)C2CC(=O)N(C3CCCCCC3)C2)N2CCOCC2)c1. The second-order valence-electron chi connectivity index (χ2n) is 9.42. The molecule has 3 aliphatic rings. The summed E-state index contributed by atoms with van der Waals surface area (Å²) in [6, 6.07) is 9.00. The molecule has 0 spiro atoms. The Morgan fingerprint density at radius 2 is 1.90 bits per heavy atom. The van der Waals surface area contributed by atoms with E-state index in [2.05, 4.69) is 41.4 Å². The number of nitrogens with zero attached hydrogens (tertiary/aromatic N) is 2. The van der Waals surface area contributed by atoms with Gasteiger partial charge in [-0.3, -0.25) is 14.5 Å². The molecule has 2 unspecified atom stereocenters. The zero-order valence-electron chi connectivity index (χ0n) is 18.9. The van der Waals surface area contributed by atoms with Crippen LogP contribution in [0.1, 0.15) is 62.1 Å². The van der Waals surface area contributed by atoms with Crippen LogP contribution in [0, 0.1) is 12.8 Å². The van der Waals surface area contributed by atoms with Gasteiger partial charge in [-0.1, -0.05) is 55.5 Å². The first-order chi connectivity index (χ1) is 15.1. The molecule has 1 aliphatic carbocycles. The van der Waals surface area contributed by atoms with Gasteiger partial charge in [-0.15, -0.1) is 0 Å². The molecule has 6 nitrogen and oxygen atoms in total. The molecule has 31 heavy (non-hydrogen) atoms. The van der Waals surface area contributed by atoms with E-state index >= 15 is 0 Å². The monoisotopic (exact) mass is 427 g/mol. The van der Waals surface area contributed by atoms with Crippen molar-refractivity contribution in [3.63, 3.8) is 0 Å². The van der Waals surface area contributed by atoms with Crippen LogP contribution in [0.5, 0.6) is 0 Å². The van der Waals surface area contributed by atoms with Gasteiger partial charge in [0, 0.05) is 38.6 Å². The molecule has 3 fully saturated rings. The van der Waals surface area contributed by atoms with Gasteiger partial charge in [0.15, 0.2) is 0 Å². The first-order valence-electron chi connectivity index (χ1n) is 12.1. The molecule has 2 amide bonds. The highest BCUT2D eigenvalue weighted by molar-refractivity contribution is 5.89. The van der Waals surface area contributed by atoms with Gasteiger partial charge in [-0.05, 0) is 25.3 Å². The Balaban J connectivity index is 1.37. The van der Waals surface area contributed by atoms with Crippen LogP contribution in [0.4, 0.5) is 0 Å². The molecule has 2 heterocycles. The maximum absolute atomic E-state index is 13.0. The molecule has 6 heteroatoms. The van der Waals surface area contributed by atoms with E-state index in [9.17, 15) is 9.59 Å². The number of carbonyl (C=O) groups is 2. The van der Waals surface area contributed by atoms with Gasteiger partial charge in [-0.2, -0.15) is 0 Å². The van der Waals surface area contributed by atoms with Crippen molar-refractivity contribution < 1.29 is 14.3 Å². The summed E-state index contributed by atoms with van der Waals surface area (Å²) < 4.78 is 5.53. The normalized spacial score (nSPS) is 24.7. The van der Waals surface area contributed by atoms with Gasteiger partial charge < -0.3 is 15.0 Å². The second-order valence-corrected chi connectivity index (χ2v) is 9.42. The maximum atomic E-state index is 13.0. The van der Waals surface area contributed by atoms with Crippen molar-refractivity contribution in [1.82, 2.24) is 15.1 Å². The number of benzene rings is 1. The number of nitrogens with one attached hydrogen (secondary N) is 1. The van der Waals surface area contributed by atoms with Crippen LogP contribution in [0.3, 0.4) is 0 Å². The predicted octanol–water partition coefficient (Wildman–Crippen LogP) is 3.06. The fourth-order valence-electron chi connectivity index (χ4n) is 5.40. The Morgan fingerprint density at radius 1 is 1.16 bits per heavy atom. The van der Waals surface area contributed by atoms with E-state index in [4.69, 9.17) is 4.74 Å². The number of morpholine rings is 1. The van der Waals surface area contributed by atoms with Crippen LogP contribution < -0.4 is 5.32 Å². The van der Waals surface area contributed by atoms with E-state index in [1.165, 1.54) is 36.8 Å². The smallest absolute Gasteiger partial charge is 0.225 e. The number of hydrogen-bond donors (Lipinski definition) is 1.